The van der Waals surface area contributed by atoms with E-state index in [0.717, 1.165) is 24.0 Å². The van der Waals surface area contributed by atoms with Crippen molar-refractivity contribution in [1.29, 1.82) is 0 Å². The van der Waals surface area contributed by atoms with Crippen LogP contribution in [0.5, 0.6) is 0 Å². The zero-order valence-electron chi connectivity index (χ0n) is 12.9. The average Bonchev–Trinajstić information content (AvgIpc) is 3.31. The second-order valence-corrected chi connectivity index (χ2v) is 7.87. The highest BCUT2D eigenvalue weighted by molar-refractivity contribution is 7.89. The maximum Gasteiger partial charge on any atom is 0.241 e. The Morgan fingerprint density at radius 1 is 0.909 bits per heavy atom. The Balaban J connectivity index is 1.87. The maximum absolute atomic E-state index is 12.6. The fourth-order valence-corrected chi connectivity index (χ4v) is 3.89. The molecule has 3 nitrogen and oxygen atoms in total. The fraction of sp³-hybridized carbons (Fsp3) is 0.333. The molecule has 1 atom stereocenters. The van der Waals surface area contributed by atoms with Gasteiger partial charge >= 0.3 is 0 Å². The van der Waals surface area contributed by atoms with E-state index in [4.69, 9.17) is 0 Å². The number of benzene rings is 2. The van der Waals surface area contributed by atoms with Crippen LogP contribution in [0.25, 0.3) is 0 Å². The first-order valence-corrected chi connectivity index (χ1v) is 9.09. The van der Waals surface area contributed by atoms with Crippen molar-refractivity contribution in [3.63, 3.8) is 0 Å². The van der Waals surface area contributed by atoms with Crippen molar-refractivity contribution in [3.05, 3.63) is 65.2 Å². The van der Waals surface area contributed by atoms with Crippen molar-refractivity contribution in [2.24, 2.45) is 5.92 Å². The Morgan fingerprint density at radius 3 is 1.91 bits per heavy atom. The number of nitrogens with one attached hydrogen (secondary N) is 1. The minimum atomic E-state index is -3.49. The molecule has 2 aromatic carbocycles. The molecule has 0 heterocycles. The largest absolute Gasteiger partial charge is 0.241 e. The normalized spacial score (nSPS) is 16.5. The summed E-state index contributed by atoms with van der Waals surface area (Å²) in [7, 11) is -3.49. The minimum Gasteiger partial charge on any atom is -0.207 e. The highest BCUT2D eigenvalue weighted by atomic mass is 32.2. The van der Waals surface area contributed by atoms with Crippen LogP contribution in [0.15, 0.2) is 53.4 Å². The third-order valence-electron chi connectivity index (χ3n) is 4.14. The topological polar surface area (TPSA) is 46.2 Å². The van der Waals surface area contributed by atoms with Crippen LogP contribution in [0.3, 0.4) is 0 Å². The summed E-state index contributed by atoms with van der Waals surface area (Å²) >= 11 is 0. The van der Waals surface area contributed by atoms with E-state index in [2.05, 4.69) is 4.72 Å². The molecule has 0 radical (unpaired) electrons. The zero-order chi connectivity index (χ0) is 15.7. The van der Waals surface area contributed by atoms with Gasteiger partial charge in [0.2, 0.25) is 10.0 Å². The van der Waals surface area contributed by atoms with Crippen molar-refractivity contribution in [2.75, 3.05) is 0 Å². The van der Waals surface area contributed by atoms with Gasteiger partial charge in [0.05, 0.1) is 4.90 Å². The summed E-state index contributed by atoms with van der Waals surface area (Å²) in [5.41, 5.74) is 3.28. The van der Waals surface area contributed by atoms with Crippen molar-refractivity contribution >= 4 is 10.0 Å². The summed E-state index contributed by atoms with van der Waals surface area (Å²) in [4.78, 5) is 0.330. The Morgan fingerprint density at radius 2 is 1.41 bits per heavy atom. The molecule has 0 unspecified atom stereocenters. The first kappa shape index (κ1) is 15.3. The first-order chi connectivity index (χ1) is 10.5. The van der Waals surface area contributed by atoms with E-state index >= 15 is 0 Å². The molecule has 1 aliphatic rings. The molecule has 0 spiro atoms. The van der Waals surface area contributed by atoms with E-state index in [1.54, 1.807) is 12.1 Å². The van der Waals surface area contributed by atoms with Crippen LogP contribution in [-0.4, -0.2) is 8.42 Å². The van der Waals surface area contributed by atoms with Gasteiger partial charge in [-0.1, -0.05) is 47.5 Å². The number of aryl methyl sites for hydroxylation is 2. The molecular weight excluding hydrogens is 294 g/mol. The second kappa shape index (κ2) is 5.86. The van der Waals surface area contributed by atoms with E-state index in [1.807, 2.05) is 50.2 Å². The van der Waals surface area contributed by atoms with E-state index in [-0.39, 0.29) is 6.04 Å². The molecule has 1 aliphatic carbocycles. The van der Waals surface area contributed by atoms with E-state index in [1.165, 1.54) is 5.56 Å². The van der Waals surface area contributed by atoms with E-state index < -0.39 is 10.0 Å². The summed E-state index contributed by atoms with van der Waals surface area (Å²) in [5, 5.41) is 0. The molecule has 22 heavy (non-hydrogen) atoms. The third-order valence-corrected chi connectivity index (χ3v) is 5.60. The minimum absolute atomic E-state index is 0.132. The molecule has 0 aliphatic heterocycles. The highest BCUT2D eigenvalue weighted by Gasteiger charge is 2.35. The summed E-state index contributed by atoms with van der Waals surface area (Å²) < 4.78 is 28.1. The van der Waals surface area contributed by atoms with E-state index in [0.29, 0.717) is 10.8 Å². The summed E-state index contributed by atoms with van der Waals surface area (Å²) in [6.07, 6.45) is 2.16. The van der Waals surface area contributed by atoms with Gasteiger partial charge in [-0.2, -0.15) is 0 Å². The zero-order valence-corrected chi connectivity index (χ0v) is 13.7. The van der Waals surface area contributed by atoms with Gasteiger partial charge in [-0.3, -0.25) is 0 Å². The third kappa shape index (κ3) is 3.39. The molecule has 1 saturated carbocycles. The van der Waals surface area contributed by atoms with Gasteiger partial charge < -0.3 is 0 Å². The Hall–Kier alpha value is -1.65. The van der Waals surface area contributed by atoms with Crippen LogP contribution < -0.4 is 4.72 Å². The Labute approximate surface area is 132 Å². The first-order valence-electron chi connectivity index (χ1n) is 7.61. The van der Waals surface area contributed by atoms with Gasteiger partial charge in [0.1, 0.15) is 0 Å². The summed E-state index contributed by atoms with van der Waals surface area (Å²) in [6.45, 7) is 3.98. The Bertz CT molecular complexity index is 745. The number of rotatable bonds is 5. The molecular formula is C18H21NO2S. The summed E-state index contributed by atoms with van der Waals surface area (Å²) in [6, 6.07) is 15.0. The van der Waals surface area contributed by atoms with Gasteiger partial charge in [0.25, 0.3) is 0 Å². The molecule has 0 aromatic heterocycles. The number of sulfonamides is 1. The van der Waals surface area contributed by atoms with Gasteiger partial charge in [-0.15, -0.1) is 0 Å². The molecule has 1 N–H and O–H groups in total. The second-order valence-electron chi connectivity index (χ2n) is 6.16. The molecule has 0 bridgehead atoms. The smallest absolute Gasteiger partial charge is 0.207 e. The number of hydrogen-bond acceptors (Lipinski definition) is 2. The summed E-state index contributed by atoms with van der Waals surface area (Å²) in [5.74, 6) is 0.405. The van der Waals surface area contributed by atoms with Crippen LogP contribution in [0.1, 0.15) is 35.6 Å². The molecule has 4 heteroatoms. The van der Waals surface area contributed by atoms with Crippen molar-refractivity contribution < 1.29 is 8.42 Å². The van der Waals surface area contributed by atoms with Gasteiger partial charge in [-0.25, -0.2) is 13.1 Å². The average molecular weight is 315 g/mol. The van der Waals surface area contributed by atoms with Gasteiger partial charge in [0, 0.05) is 6.04 Å². The lowest BCUT2D eigenvalue weighted by molar-refractivity contribution is 0.529. The predicted octanol–water partition coefficient (Wildman–Crippen LogP) is 3.73. The van der Waals surface area contributed by atoms with Crippen LogP contribution in [0.2, 0.25) is 0 Å². The highest BCUT2D eigenvalue weighted by Crippen LogP contribution is 2.41. The van der Waals surface area contributed by atoms with Crippen LogP contribution in [0.4, 0.5) is 0 Å². The lowest BCUT2D eigenvalue weighted by Gasteiger charge is -2.19. The van der Waals surface area contributed by atoms with Crippen LogP contribution >= 0.6 is 0 Å². The van der Waals surface area contributed by atoms with Crippen molar-refractivity contribution in [1.82, 2.24) is 4.72 Å². The maximum atomic E-state index is 12.6. The lowest BCUT2D eigenvalue weighted by atomic mass is 10.0. The van der Waals surface area contributed by atoms with Crippen LogP contribution in [0, 0.1) is 19.8 Å². The molecule has 3 rings (SSSR count). The van der Waals surface area contributed by atoms with Crippen molar-refractivity contribution in [2.45, 2.75) is 37.6 Å². The molecule has 2 aromatic rings. The SMILES string of the molecule is Cc1ccc([C@@H](NS(=O)(=O)c2ccc(C)cc2)C2CC2)cc1. The molecule has 116 valence electrons. The Kier molecular flexibility index (Phi) is 4.06. The van der Waals surface area contributed by atoms with Gasteiger partial charge in [-0.05, 0) is 50.3 Å². The van der Waals surface area contributed by atoms with Crippen LogP contribution in [-0.2, 0) is 10.0 Å². The molecule has 0 amide bonds. The fourth-order valence-electron chi connectivity index (χ4n) is 2.59. The molecule has 1 fully saturated rings. The quantitative estimate of drug-likeness (QED) is 0.914. The standard InChI is InChI=1S/C18H21NO2S/c1-13-3-7-15(8-4-13)18(16-9-10-16)19-22(20,21)17-11-5-14(2)6-12-17/h3-8,11-12,16,18-19H,9-10H2,1-2H3/t18-/m1/s1. The molecule has 0 saturated heterocycles. The lowest BCUT2D eigenvalue weighted by Crippen LogP contribution is -2.30. The van der Waals surface area contributed by atoms with Crippen molar-refractivity contribution in [3.8, 4) is 0 Å². The monoisotopic (exact) mass is 315 g/mol. The van der Waals surface area contributed by atoms with E-state index in [9.17, 15) is 8.42 Å². The number of hydrogen-bond donors (Lipinski definition) is 1. The van der Waals surface area contributed by atoms with Gasteiger partial charge in [0.15, 0.2) is 0 Å². The predicted molar refractivity (Wildman–Crippen MR) is 88.1 cm³/mol.